The first-order valence-corrected chi connectivity index (χ1v) is 8.01. The van der Waals surface area contributed by atoms with Gasteiger partial charge in [-0.2, -0.15) is 5.26 Å². The van der Waals surface area contributed by atoms with E-state index in [1.807, 2.05) is 6.07 Å². The van der Waals surface area contributed by atoms with Crippen LogP contribution < -0.4 is 0 Å². The average Bonchev–Trinajstić information content (AvgIpc) is 2.48. The lowest BCUT2D eigenvalue weighted by Gasteiger charge is -2.46. The monoisotopic (exact) mass is 300 g/mol. The van der Waals surface area contributed by atoms with E-state index in [-0.39, 0.29) is 23.7 Å². The Bertz CT molecular complexity index is 608. The summed E-state index contributed by atoms with van der Waals surface area (Å²) >= 11 is 0. The normalized spacial score (nSPS) is 28.1. The highest BCUT2D eigenvalue weighted by Gasteiger charge is 2.38. The standard InChI is InChI=1S/C18H21FN2O/c1-21-16-3-2-4-17(21)9-13(8-16)18(22)10-12-5-6-15(19)7-14(12)11-20/h5-7,13,16-17H,2-4,8-10H2,1H3. The van der Waals surface area contributed by atoms with E-state index in [0.717, 1.165) is 12.8 Å². The molecule has 2 saturated heterocycles. The molecule has 0 N–H and O–H groups in total. The summed E-state index contributed by atoms with van der Waals surface area (Å²) in [7, 11) is 2.17. The lowest BCUT2D eigenvalue weighted by molar-refractivity contribution is -0.125. The summed E-state index contributed by atoms with van der Waals surface area (Å²) < 4.78 is 13.2. The highest BCUT2D eigenvalue weighted by atomic mass is 19.1. The van der Waals surface area contributed by atoms with Gasteiger partial charge in [0, 0.05) is 24.4 Å². The fourth-order valence-corrected chi connectivity index (χ4v) is 4.02. The lowest BCUT2D eigenvalue weighted by atomic mass is 9.76. The number of rotatable bonds is 3. The van der Waals surface area contributed by atoms with Gasteiger partial charge in [0.1, 0.15) is 11.6 Å². The molecule has 116 valence electrons. The quantitative estimate of drug-likeness (QED) is 0.861. The van der Waals surface area contributed by atoms with Crippen LogP contribution in [0.25, 0.3) is 0 Å². The topological polar surface area (TPSA) is 44.1 Å². The molecule has 0 saturated carbocycles. The Labute approximate surface area is 130 Å². The molecule has 0 aliphatic carbocycles. The molecule has 2 aliphatic rings. The summed E-state index contributed by atoms with van der Waals surface area (Å²) in [4.78, 5) is 15.1. The van der Waals surface area contributed by atoms with Crippen LogP contribution >= 0.6 is 0 Å². The number of benzene rings is 1. The van der Waals surface area contributed by atoms with Crippen molar-refractivity contribution in [3.8, 4) is 6.07 Å². The molecule has 2 aliphatic heterocycles. The minimum atomic E-state index is -0.429. The van der Waals surface area contributed by atoms with Crippen LogP contribution in [0.5, 0.6) is 0 Å². The molecule has 2 bridgehead atoms. The zero-order valence-corrected chi connectivity index (χ0v) is 12.9. The van der Waals surface area contributed by atoms with E-state index >= 15 is 0 Å². The second-order valence-corrected chi connectivity index (χ2v) is 6.63. The number of carbonyl (C=O) groups is 1. The van der Waals surface area contributed by atoms with Gasteiger partial charge in [-0.1, -0.05) is 12.5 Å². The molecule has 3 rings (SSSR count). The molecule has 2 unspecified atom stereocenters. The Kier molecular flexibility index (Phi) is 4.26. The summed E-state index contributed by atoms with van der Waals surface area (Å²) in [6, 6.07) is 7.14. The smallest absolute Gasteiger partial charge is 0.140 e. The Hall–Kier alpha value is -1.73. The number of ketones is 1. The summed E-state index contributed by atoms with van der Waals surface area (Å²) in [5, 5.41) is 9.10. The van der Waals surface area contributed by atoms with Crippen molar-refractivity contribution in [1.82, 2.24) is 4.90 Å². The Morgan fingerprint density at radius 2 is 2.05 bits per heavy atom. The molecular formula is C18H21FN2O. The van der Waals surface area contributed by atoms with Crippen molar-refractivity contribution in [3.63, 3.8) is 0 Å². The number of carbonyl (C=O) groups excluding carboxylic acids is 1. The Morgan fingerprint density at radius 1 is 1.36 bits per heavy atom. The number of nitrogens with zero attached hydrogens (tertiary/aromatic N) is 2. The number of nitriles is 1. The Morgan fingerprint density at radius 3 is 2.68 bits per heavy atom. The molecule has 2 atom stereocenters. The number of fused-ring (bicyclic) bond motifs is 2. The summed E-state index contributed by atoms with van der Waals surface area (Å²) in [5.74, 6) is -0.141. The minimum absolute atomic E-state index is 0.0862. The maximum Gasteiger partial charge on any atom is 0.140 e. The fourth-order valence-electron chi connectivity index (χ4n) is 4.02. The van der Waals surface area contributed by atoms with Gasteiger partial charge in [-0.25, -0.2) is 4.39 Å². The first-order valence-electron chi connectivity index (χ1n) is 8.01. The van der Waals surface area contributed by atoms with Gasteiger partial charge in [0.05, 0.1) is 11.6 Å². The van der Waals surface area contributed by atoms with E-state index in [4.69, 9.17) is 5.26 Å². The van der Waals surface area contributed by atoms with E-state index in [1.54, 1.807) is 6.07 Å². The summed E-state index contributed by atoms with van der Waals surface area (Å²) in [6.07, 6.45) is 5.71. The first kappa shape index (κ1) is 15.2. The molecule has 2 heterocycles. The van der Waals surface area contributed by atoms with Crippen LogP contribution in [0.1, 0.15) is 43.2 Å². The number of Topliss-reactive ketones (excluding diaryl/α,β-unsaturated/α-hetero) is 1. The third-order valence-electron chi connectivity index (χ3n) is 5.35. The maximum atomic E-state index is 13.2. The van der Waals surface area contributed by atoms with Gasteiger partial charge < -0.3 is 4.90 Å². The van der Waals surface area contributed by atoms with Gasteiger partial charge >= 0.3 is 0 Å². The zero-order chi connectivity index (χ0) is 15.7. The van der Waals surface area contributed by atoms with E-state index in [9.17, 15) is 9.18 Å². The first-order chi connectivity index (χ1) is 10.6. The predicted octanol–water partition coefficient (Wildman–Crippen LogP) is 3.07. The average molecular weight is 300 g/mol. The number of hydrogen-bond acceptors (Lipinski definition) is 3. The molecule has 1 aromatic carbocycles. The van der Waals surface area contributed by atoms with E-state index in [0.29, 0.717) is 17.6 Å². The van der Waals surface area contributed by atoms with Crippen molar-refractivity contribution in [3.05, 3.63) is 35.1 Å². The van der Waals surface area contributed by atoms with Crippen molar-refractivity contribution >= 4 is 5.78 Å². The summed E-state index contributed by atoms with van der Waals surface area (Å²) in [6.45, 7) is 0. The van der Waals surface area contributed by atoms with Crippen LogP contribution in [0.4, 0.5) is 4.39 Å². The second kappa shape index (κ2) is 6.18. The number of hydrogen-bond donors (Lipinski definition) is 0. The second-order valence-electron chi connectivity index (χ2n) is 6.63. The molecule has 0 amide bonds. The van der Waals surface area contributed by atoms with E-state index in [1.165, 1.54) is 31.4 Å². The predicted molar refractivity (Wildman–Crippen MR) is 81.7 cm³/mol. The van der Waals surface area contributed by atoms with Crippen LogP contribution in [-0.2, 0) is 11.2 Å². The highest BCUT2D eigenvalue weighted by Crippen LogP contribution is 2.36. The van der Waals surface area contributed by atoms with Crippen LogP contribution in [0.3, 0.4) is 0 Å². The molecule has 0 spiro atoms. The molecule has 22 heavy (non-hydrogen) atoms. The number of halogens is 1. The summed E-state index contributed by atoms with van der Waals surface area (Å²) in [5.41, 5.74) is 0.930. The van der Waals surface area contributed by atoms with Gasteiger partial charge in [0.25, 0.3) is 0 Å². The molecule has 0 aromatic heterocycles. The van der Waals surface area contributed by atoms with Crippen LogP contribution in [0.2, 0.25) is 0 Å². The molecular weight excluding hydrogens is 279 g/mol. The third-order valence-corrected chi connectivity index (χ3v) is 5.35. The molecule has 0 radical (unpaired) electrons. The zero-order valence-electron chi connectivity index (χ0n) is 12.9. The maximum absolute atomic E-state index is 13.2. The van der Waals surface area contributed by atoms with E-state index < -0.39 is 5.82 Å². The van der Waals surface area contributed by atoms with Gasteiger partial charge in [-0.3, -0.25) is 4.79 Å². The lowest BCUT2D eigenvalue weighted by Crippen LogP contribution is -2.51. The van der Waals surface area contributed by atoms with Crippen LogP contribution in [0.15, 0.2) is 18.2 Å². The van der Waals surface area contributed by atoms with Crippen molar-refractivity contribution in [2.45, 2.75) is 50.6 Å². The van der Waals surface area contributed by atoms with Crippen LogP contribution in [0, 0.1) is 23.1 Å². The number of piperidine rings is 2. The van der Waals surface area contributed by atoms with Gasteiger partial charge in [-0.05, 0) is 50.4 Å². The minimum Gasteiger partial charge on any atom is -0.300 e. The SMILES string of the molecule is CN1C2CCCC1CC(C(=O)Cc1ccc(F)cc1C#N)C2. The van der Waals surface area contributed by atoms with Crippen LogP contribution in [-0.4, -0.2) is 29.8 Å². The fraction of sp³-hybridized carbons (Fsp3) is 0.556. The third kappa shape index (κ3) is 2.91. The van der Waals surface area contributed by atoms with Crippen molar-refractivity contribution < 1.29 is 9.18 Å². The molecule has 3 nitrogen and oxygen atoms in total. The van der Waals surface area contributed by atoms with Gasteiger partial charge in [0.15, 0.2) is 0 Å². The van der Waals surface area contributed by atoms with Crippen molar-refractivity contribution in [2.75, 3.05) is 7.05 Å². The molecule has 1 aromatic rings. The highest BCUT2D eigenvalue weighted by molar-refractivity contribution is 5.84. The Balaban J connectivity index is 1.72. The van der Waals surface area contributed by atoms with Gasteiger partial charge in [0.2, 0.25) is 0 Å². The molecule has 2 fully saturated rings. The largest absolute Gasteiger partial charge is 0.300 e. The van der Waals surface area contributed by atoms with Gasteiger partial charge in [-0.15, -0.1) is 0 Å². The van der Waals surface area contributed by atoms with E-state index in [2.05, 4.69) is 11.9 Å². The molecule has 4 heteroatoms. The van der Waals surface area contributed by atoms with Crippen molar-refractivity contribution in [2.24, 2.45) is 5.92 Å². The van der Waals surface area contributed by atoms with Crippen molar-refractivity contribution in [1.29, 1.82) is 5.26 Å².